The van der Waals surface area contributed by atoms with Crippen molar-refractivity contribution < 1.29 is 4.79 Å². The minimum Gasteiger partial charge on any atom is -0.398 e. The average Bonchev–Trinajstić information content (AvgIpc) is 3.58. The third-order valence-corrected chi connectivity index (χ3v) is 8.48. The molecule has 0 aliphatic carbocycles. The molecule has 8 nitrogen and oxygen atoms in total. The molecule has 0 bridgehead atoms. The number of pyridine rings is 1. The van der Waals surface area contributed by atoms with Gasteiger partial charge in [-0.05, 0) is 81.2 Å². The number of H-pyrrole nitrogens is 1. The number of carbonyl (C=O) groups is 1. The van der Waals surface area contributed by atoms with Crippen molar-refractivity contribution in [1.29, 1.82) is 10.8 Å². The summed E-state index contributed by atoms with van der Waals surface area (Å²) in [6.07, 6.45) is 8.90. The molecular formula is C30H33N7OS. The molecule has 1 saturated heterocycles. The first-order valence-electron chi connectivity index (χ1n) is 13.2. The lowest BCUT2D eigenvalue weighted by Gasteiger charge is -2.26. The number of carbonyl (C=O) groups excluding carboxylic acids is 1. The van der Waals surface area contributed by atoms with E-state index in [-0.39, 0.29) is 11.5 Å². The van der Waals surface area contributed by atoms with Gasteiger partial charge < -0.3 is 16.1 Å². The Morgan fingerprint density at radius 2 is 1.95 bits per heavy atom. The molecule has 9 heteroatoms. The van der Waals surface area contributed by atoms with E-state index in [0.717, 1.165) is 41.3 Å². The molecule has 0 radical (unpaired) electrons. The molecule has 39 heavy (non-hydrogen) atoms. The van der Waals surface area contributed by atoms with Gasteiger partial charge in [0.15, 0.2) is 11.6 Å². The lowest BCUT2D eigenvalue weighted by Crippen LogP contribution is -2.29. The van der Waals surface area contributed by atoms with Crippen LogP contribution >= 0.6 is 11.3 Å². The number of nitrogens with two attached hydrogens (primary N) is 1. The van der Waals surface area contributed by atoms with Crippen LogP contribution in [-0.2, 0) is 6.54 Å². The van der Waals surface area contributed by atoms with Crippen LogP contribution in [0.15, 0.2) is 48.8 Å². The van der Waals surface area contributed by atoms with Crippen LogP contribution in [0.3, 0.4) is 0 Å². The van der Waals surface area contributed by atoms with E-state index in [4.69, 9.17) is 21.5 Å². The number of rotatable bonds is 9. The fourth-order valence-electron chi connectivity index (χ4n) is 5.09. The van der Waals surface area contributed by atoms with Crippen LogP contribution in [0.25, 0.3) is 11.1 Å². The van der Waals surface area contributed by atoms with E-state index in [2.05, 4.69) is 20.9 Å². The summed E-state index contributed by atoms with van der Waals surface area (Å²) in [7, 11) is 0. The van der Waals surface area contributed by atoms with E-state index in [0.29, 0.717) is 27.6 Å². The summed E-state index contributed by atoms with van der Waals surface area (Å²) in [6, 6.07) is 11.5. The highest BCUT2D eigenvalue weighted by atomic mass is 32.1. The molecule has 200 valence electrons. The summed E-state index contributed by atoms with van der Waals surface area (Å²) in [4.78, 5) is 28.2. The maximum absolute atomic E-state index is 11.8. The van der Waals surface area contributed by atoms with Gasteiger partial charge in [-0.25, -0.2) is 4.98 Å². The van der Waals surface area contributed by atoms with Gasteiger partial charge in [-0.2, -0.15) is 0 Å². The van der Waals surface area contributed by atoms with Crippen LogP contribution in [0.1, 0.15) is 75.0 Å². The third kappa shape index (κ3) is 5.74. The van der Waals surface area contributed by atoms with Crippen LogP contribution in [0.4, 0.5) is 5.69 Å². The lowest BCUT2D eigenvalue weighted by molar-refractivity contribution is 0.102. The molecule has 1 aliphatic rings. The van der Waals surface area contributed by atoms with Gasteiger partial charge in [-0.3, -0.25) is 20.1 Å². The van der Waals surface area contributed by atoms with E-state index in [9.17, 15) is 4.79 Å². The fourth-order valence-corrected chi connectivity index (χ4v) is 6.06. The molecule has 3 aromatic heterocycles. The van der Waals surface area contributed by atoms with Crippen LogP contribution in [0.5, 0.6) is 0 Å². The number of aryl methyl sites for hydroxylation is 1. The highest BCUT2D eigenvalue weighted by Gasteiger charge is 2.23. The van der Waals surface area contributed by atoms with Crippen molar-refractivity contribution in [3.05, 3.63) is 86.9 Å². The Bertz CT molecular complexity index is 1530. The number of benzene rings is 1. The summed E-state index contributed by atoms with van der Waals surface area (Å²) in [5.41, 5.74) is 12.1. The second-order valence-corrected chi connectivity index (χ2v) is 11.2. The van der Waals surface area contributed by atoms with Crippen molar-refractivity contribution in [2.45, 2.75) is 45.6 Å². The first-order chi connectivity index (χ1) is 18.8. The monoisotopic (exact) mass is 539 g/mol. The number of imidazole rings is 1. The molecule has 1 atom stereocenters. The molecule has 1 unspecified atom stereocenters. The van der Waals surface area contributed by atoms with E-state index in [1.54, 1.807) is 6.07 Å². The zero-order valence-electron chi connectivity index (χ0n) is 22.3. The smallest absolute Gasteiger partial charge is 0.169 e. The lowest BCUT2D eigenvalue weighted by atomic mass is 9.99. The van der Waals surface area contributed by atoms with Crippen molar-refractivity contribution in [1.82, 2.24) is 19.9 Å². The fraction of sp³-hybridized carbons (Fsp3) is 0.300. The number of hydrogen-bond acceptors (Lipinski definition) is 8. The van der Waals surface area contributed by atoms with Gasteiger partial charge >= 0.3 is 0 Å². The van der Waals surface area contributed by atoms with Crippen LogP contribution in [0.2, 0.25) is 0 Å². The van der Waals surface area contributed by atoms with Gasteiger partial charge in [-0.1, -0.05) is 12.5 Å². The number of nitrogen functional groups attached to an aromatic ring is 1. The summed E-state index contributed by atoms with van der Waals surface area (Å²) < 4.78 is 0. The first-order valence-corrected chi connectivity index (χ1v) is 14.0. The maximum Gasteiger partial charge on any atom is 0.169 e. The molecule has 5 N–H and O–H groups in total. The Morgan fingerprint density at radius 1 is 1.15 bits per heavy atom. The second-order valence-electron chi connectivity index (χ2n) is 10.1. The number of piperidine rings is 1. The average molecular weight is 540 g/mol. The Hall–Kier alpha value is -3.95. The molecular weight excluding hydrogens is 506 g/mol. The number of aromatic nitrogens is 3. The molecule has 4 aromatic rings. The van der Waals surface area contributed by atoms with Gasteiger partial charge in [0, 0.05) is 52.5 Å². The molecule has 1 aliphatic heterocycles. The highest BCUT2D eigenvalue weighted by molar-refractivity contribution is 7.14. The normalized spacial score (nSPS) is 14.7. The van der Waals surface area contributed by atoms with Crippen molar-refractivity contribution >= 4 is 34.7 Å². The van der Waals surface area contributed by atoms with E-state index in [1.807, 2.05) is 43.6 Å². The predicted molar refractivity (Wildman–Crippen MR) is 157 cm³/mol. The highest BCUT2D eigenvalue weighted by Crippen LogP contribution is 2.31. The van der Waals surface area contributed by atoms with Crippen molar-refractivity contribution in [2.75, 3.05) is 18.8 Å². The van der Waals surface area contributed by atoms with Crippen LogP contribution in [-0.4, -0.2) is 50.7 Å². The molecule has 1 fully saturated rings. The molecule has 0 amide bonds. The summed E-state index contributed by atoms with van der Waals surface area (Å²) >= 11 is 1.37. The zero-order chi connectivity index (χ0) is 27.5. The van der Waals surface area contributed by atoms with Crippen molar-refractivity contribution in [3.8, 4) is 11.1 Å². The van der Waals surface area contributed by atoms with Gasteiger partial charge in [0.05, 0.1) is 16.5 Å². The number of hydrogen-bond donors (Lipinski definition) is 4. The Morgan fingerprint density at radius 3 is 2.67 bits per heavy atom. The number of thiophene rings is 1. The van der Waals surface area contributed by atoms with Gasteiger partial charge in [0.2, 0.25) is 0 Å². The zero-order valence-corrected chi connectivity index (χ0v) is 23.1. The van der Waals surface area contributed by atoms with E-state index >= 15 is 0 Å². The third-order valence-electron chi connectivity index (χ3n) is 7.21. The molecule has 1 aromatic carbocycles. The molecule has 4 heterocycles. The molecule has 5 rings (SSSR count). The Kier molecular flexibility index (Phi) is 7.81. The second kappa shape index (κ2) is 11.4. The topological polar surface area (TPSA) is 136 Å². The van der Waals surface area contributed by atoms with Gasteiger partial charge in [0.1, 0.15) is 5.71 Å². The van der Waals surface area contributed by atoms with Crippen molar-refractivity contribution in [2.24, 2.45) is 0 Å². The SMILES string of the molecule is CC(=O)c1ccc(C(C=N)c2nc(C(=N)c3cc(-c4cncc(CN5CCCCC5)c4)ccc3N)[nH]c2C)s1. The Labute approximate surface area is 232 Å². The standard InChI is InChI=1S/C30H33N7OS/c1-18-29(24(14-31)27-9-8-26(39-27)19(2)38)36-30(35-18)28(33)23-13-21(6-7-25(23)32)22-12-20(15-34-16-22)17-37-10-4-3-5-11-37/h6-9,12-16,24,31,33H,3-5,10-11,17,32H2,1-2H3,(H,35,36). The number of ketones is 1. The minimum absolute atomic E-state index is 0.00112. The summed E-state index contributed by atoms with van der Waals surface area (Å²) in [5.74, 6) is -0.0180. The predicted octanol–water partition coefficient (Wildman–Crippen LogP) is 5.81. The van der Waals surface area contributed by atoms with E-state index in [1.165, 1.54) is 49.3 Å². The maximum atomic E-state index is 11.8. The first kappa shape index (κ1) is 26.6. The summed E-state index contributed by atoms with van der Waals surface area (Å²) in [5, 5.41) is 17.0. The number of aromatic amines is 1. The van der Waals surface area contributed by atoms with Crippen molar-refractivity contribution in [3.63, 3.8) is 0 Å². The number of Topliss-reactive ketones (excluding diaryl/α,β-unsaturated/α-hetero) is 1. The summed E-state index contributed by atoms with van der Waals surface area (Å²) in [6.45, 7) is 6.56. The molecule has 0 spiro atoms. The van der Waals surface area contributed by atoms with Gasteiger partial charge in [0.25, 0.3) is 0 Å². The number of likely N-dealkylation sites (tertiary alicyclic amines) is 1. The number of nitrogens with one attached hydrogen (secondary N) is 3. The largest absolute Gasteiger partial charge is 0.398 e. The van der Waals surface area contributed by atoms with E-state index < -0.39 is 5.92 Å². The molecule has 0 saturated carbocycles. The quantitative estimate of drug-likeness (QED) is 0.121. The van der Waals surface area contributed by atoms with Crippen LogP contribution in [0, 0.1) is 17.7 Å². The van der Waals surface area contributed by atoms with Crippen LogP contribution < -0.4 is 5.73 Å². The van der Waals surface area contributed by atoms with Gasteiger partial charge in [-0.15, -0.1) is 11.3 Å². The number of nitrogens with zero attached hydrogens (tertiary/aromatic N) is 3. The number of anilines is 1. The minimum atomic E-state index is -0.404. The Balaban J connectivity index is 1.41.